The summed E-state index contributed by atoms with van der Waals surface area (Å²) in [5.41, 5.74) is 0. The van der Waals surface area contributed by atoms with Gasteiger partial charge in [0.2, 0.25) is 0 Å². The third-order valence-electron chi connectivity index (χ3n) is 4.32. The van der Waals surface area contributed by atoms with Crippen molar-refractivity contribution in [3.63, 3.8) is 0 Å². The second-order valence-electron chi connectivity index (χ2n) is 7.05. The zero-order chi connectivity index (χ0) is 20.8. The molecule has 0 aromatic rings. The molecule has 27 heavy (non-hydrogen) atoms. The summed E-state index contributed by atoms with van der Waals surface area (Å²) >= 11 is 0. The third-order valence-corrected chi connectivity index (χ3v) is 4.32. The number of hydrogen-bond acceptors (Lipinski definition) is 2. The Morgan fingerprint density at radius 2 is 0.852 bits per heavy atom. The molecule has 0 aliphatic rings. The van der Waals surface area contributed by atoms with Crippen molar-refractivity contribution in [2.75, 3.05) is 13.2 Å². The number of rotatable bonds is 16. The molecule has 0 spiro atoms. The lowest BCUT2D eigenvalue weighted by Gasteiger charge is -2.35. The second kappa shape index (κ2) is 13.6. The SMILES string of the molecule is CCCCCCCC(CCCCCCC)(OCC(F)(F)F)OCC(F)(F)F. The van der Waals surface area contributed by atoms with Crippen molar-refractivity contribution < 1.29 is 35.8 Å². The molecule has 8 heteroatoms. The fourth-order valence-corrected chi connectivity index (χ4v) is 2.88. The highest BCUT2D eigenvalue weighted by molar-refractivity contribution is 4.73. The van der Waals surface area contributed by atoms with Gasteiger partial charge in [0.15, 0.2) is 5.79 Å². The van der Waals surface area contributed by atoms with Gasteiger partial charge in [0.1, 0.15) is 13.2 Å². The highest BCUT2D eigenvalue weighted by Gasteiger charge is 2.40. The van der Waals surface area contributed by atoms with Gasteiger partial charge in [0, 0.05) is 12.8 Å². The average Bonchev–Trinajstić information content (AvgIpc) is 2.56. The first kappa shape index (κ1) is 26.5. The maximum atomic E-state index is 12.6. The fourth-order valence-electron chi connectivity index (χ4n) is 2.88. The van der Waals surface area contributed by atoms with E-state index in [1.165, 1.54) is 0 Å². The van der Waals surface area contributed by atoms with Crippen LogP contribution in [-0.2, 0) is 9.47 Å². The minimum atomic E-state index is -4.61. The van der Waals surface area contributed by atoms with E-state index in [1.807, 2.05) is 13.8 Å². The van der Waals surface area contributed by atoms with Crippen molar-refractivity contribution in [1.82, 2.24) is 0 Å². The normalized spacial score (nSPS) is 13.3. The molecule has 2 nitrogen and oxygen atoms in total. The average molecular weight is 408 g/mol. The molecule has 164 valence electrons. The summed E-state index contributed by atoms with van der Waals surface area (Å²) < 4.78 is 85.7. The Kier molecular flexibility index (Phi) is 13.4. The van der Waals surface area contributed by atoms with Gasteiger partial charge in [-0.1, -0.05) is 65.2 Å². The summed E-state index contributed by atoms with van der Waals surface area (Å²) in [4.78, 5) is 0. The zero-order valence-electron chi connectivity index (χ0n) is 16.5. The molecule has 0 heterocycles. The summed E-state index contributed by atoms with van der Waals surface area (Å²) in [6.45, 7) is 0.850. The Morgan fingerprint density at radius 1 is 0.519 bits per heavy atom. The van der Waals surface area contributed by atoms with Crippen LogP contribution in [0.25, 0.3) is 0 Å². The quantitative estimate of drug-likeness (QED) is 0.149. The van der Waals surface area contributed by atoms with Crippen molar-refractivity contribution >= 4 is 0 Å². The molecule has 0 amide bonds. The molecule has 0 radical (unpaired) electrons. The van der Waals surface area contributed by atoms with Crippen molar-refractivity contribution in [2.24, 2.45) is 0 Å². The van der Waals surface area contributed by atoms with E-state index >= 15 is 0 Å². The lowest BCUT2D eigenvalue weighted by molar-refractivity contribution is -0.315. The summed E-state index contributed by atoms with van der Waals surface area (Å²) in [5.74, 6) is -1.83. The van der Waals surface area contributed by atoms with Crippen molar-refractivity contribution in [1.29, 1.82) is 0 Å². The number of alkyl halides is 6. The van der Waals surface area contributed by atoms with Gasteiger partial charge in [0.25, 0.3) is 0 Å². The topological polar surface area (TPSA) is 18.5 Å². The lowest BCUT2D eigenvalue weighted by Crippen LogP contribution is -2.41. The highest BCUT2D eigenvalue weighted by atomic mass is 19.4. The molecular weight excluding hydrogens is 374 g/mol. The summed E-state index contributed by atoms with van der Waals surface area (Å²) in [5, 5.41) is 0. The molecule has 0 rings (SSSR count). The largest absolute Gasteiger partial charge is 0.411 e. The van der Waals surface area contributed by atoms with Crippen LogP contribution in [0.15, 0.2) is 0 Å². The molecule has 0 aliphatic heterocycles. The summed E-state index contributed by atoms with van der Waals surface area (Å²) in [6, 6.07) is 0. The van der Waals surface area contributed by atoms with Crippen LogP contribution in [0.2, 0.25) is 0 Å². The monoisotopic (exact) mass is 408 g/mol. The van der Waals surface area contributed by atoms with E-state index in [9.17, 15) is 26.3 Å². The number of hydrogen-bond donors (Lipinski definition) is 0. The van der Waals surface area contributed by atoms with Crippen LogP contribution in [0.4, 0.5) is 26.3 Å². The minimum absolute atomic E-state index is 0.0383. The number of unbranched alkanes of at least 4 members (excludes halogenated alkanes) is 8. The van der Waals surface area contributed by atoms with Gasteiger partial charge in [-0.3, -0.25) is 0 Å². The van der Waals surface area contributed by atoms with Crippen LogP contribution in [0.3, 0.4) is 0 Å². The van der Waals surface area contributed by atoms with Crippen molar-refractivity contribution in [3.8, 4) is 0 Å². The van der Waals surface area contributed by atoms with Crippen LogP contribution in [0.1, 0.15) is 90.9 Å². The molecule has 0 bridgehead atoms. The van der Waals surface area contributed by atoms with Gasteiger partial charge in [-0.15, -0.1) is 0 Å². The van der Waals surface area contributed by atoms with E-state index in [2.05, 4.69) is 0 Å². The van der Waals surface area contributed by atoms with Gasteiger partial charge < -0.3 is 9.47 Å². The summed E-state index contributed by atoms with van der Waals surface area (Å²) in [7, 11) is 0. The van der Waals surface area contributed by atoms with Crippen LogP contribution in [0.5, 0.6) is 0 Å². The molecular formula is C19H34F6O2. The standard InChI is InChI=1S/C19H34F6O2/c1-3-5-7-9-11-13-17(26-15-18(20,21)22,27-16-19(23,24)25)14-12-10-8-6-4-2/h3-16H2,1-2H3. The van der Waals surface area contributed by atoms with Crippen LogP contribution < -0.4 is 0 Å². The molecule has 0 aromatic heterocycles. The van der Waals surface area contributed by atoms with Gasteiger partial charge in [-0.05, 0) is 12.8 Å². The number of ether oxygens (including phenoxy) is 2. The molecule has 0 fully saturated rings. The predicted molar refractivity (Wildman–Crippen MR) is 93.5 cm³/mol. The van der Waals surface area contributed by atoms with Crippen LogP contribution in [-0.4, -0.2) is 31.4 Å². The van der Waals surface area contributed by atoms with E-state index < -0.39 is 31.4 Å². The second-order valence-corrected chi connectivity index (χ2v) is 7.05. The predicted octanol–water partition coefficient (Wildman–Crippen LogP) is 7.56. The van der Waals surface area contributed by atoms with Gasteiger partial charge in [-0.2, -0.15) is 26.3 Å². The zero-order valence-corrected chi connectivity index (χ0v) is 16.5. The number of halogens is 6. The first-order valence-corrected chi connectivity index (χ1v) is 9.95. The molecule has 0 unspecified atom stereocenters. The van der Waals surface area contributed by atoms with E-state index in [1.54, 1.807) is 0 Å². The van der Waals surface area contributed by atoms with E-state index in [-0.39, 0.29) is 12.8 Å². The molecule has 0 atom stereocenters. The van der Waals surface area contributed by atoms with Gasteiger partial charge >= 0.3 is 12.4 Å². The molecule has 0 saturated carbocycles. The Balaban J connectivity index is 4.96. The third kappa shape index (κ3) is 16.2. The van der Waals surface area contributed by atoms with Crippen LogP contribution >= 0.6 is 0 Å². The van der Waals surface area contributed by atoms with Crippen LogP contribution in [0, 0.1) is 0 Å². The maximum absolute atomic E-state index is 12.6. The van der Waals surface area contributed by atoms with E-state index in [0.29, 0.717) is 12.8 Å². The molecule has 0 N–H and O–H groups in total. The van der Waals surface area contributed by atoms with Gasteiger partial charge in [0.05, 0.1) is 0 Å². The van der Waals surface area contributed by atoms with Crippen molar-refractivity contribution in [3.05, 3.63) is 0 Å². The minimum Gasteiger partial charge on any atom is -0.341 e. The van der Waals surface area contributed by atoms with Crippen molar-refractivity contribution in [2.45, 2.75) is 109 Å². The first-order valence-electron chi connectivity index (χ1n) is 9.95. The maximum Gasteiger partial charge on any atom is 0.411 e. The Morgan fingerprint density at radius 3 is 1.15 bits per heavy atom. The smallest absolute Gasteiger partial charge is 0.341 e. The lowest BCUT2D eigenvalue weighted by atomic mass is 9.99. The Labute approximate surface area is 159 Å². The van der Waals surface area contributed by atoms with E-state index in [4.69, 9.17) is 9.47 Å². The Bertz CT molecular complexity index is 321. The molecule has 0 aromatic carbocycles. The first-order chi connectivity index (χ1) is 12.5. The van der Waals surface area contributed by atoms with E-state index in [0.717, 1.165) is 51.4 Å². The molecule has 0 saturated heterocycles. The Hall–Kier alpha value is -0.500. The summed E-state index contributed by atoms with van der Waals surface area (Å²) in [6.07, 6.45) is -0.990. The fraction of sp³-hybridized carbons (Fsp3) is 1.00. The van der Waals surface area contributed by atoms with Gasteiger partial charge in [-0.25, -0.2) is 0 Å². The highest BCUT2D eigenvalue weighted by Crippen LogP contribution is 2.33. The molecule has 0 aliphatic carbocycles.